The third-order valence-corrected chi connectivity index (χ3v) is 5.18. The first-order chi connectivity index (χ1) is 14.0. The number of aliphatic hydroxyl groups is 1. The molecule has 0 saturated carbocycles. The fraction of sp³-hybridized carbons (Fsp3) is 0.217. The molecule has 1 aliphatic rings. The molecule has 1 heterocycles. The maximum absolute atomic E-state index is 13.2. The van der Waals surface area contributed by atoms with E-state index in [2.05, 4.69) is 5.32 Å². The summed E-state index contributed by atoms with van der Waals surface area (Å²) in [6.45, 7) is 1.53. The van der Waals surface area contributed by atoms with Gasteiger partial charge in [0.1, 0.15) is 24.0 Å². The third kappa shape index (κ3) is 3.54. The number of aliphatic hydroxyl groups excluding tert-OH is 1. The van der Waals surface area contributed by atoms with Crippen molar-refractivity contribution in [3.63, 3.8) is 0 Å². The Labute approximate surface area is 168 Å². The summed E-state index contributed by atoms with van der Waals surface area (Å²) in [7, 11) is 0. The lowest BCUT2D eigenvalue weighted by Crippen LogP contribution is -2.43. The Kier molecular flexibility index (Phi) is 4.94. The van der Waals surface area contributed by atoms with E-state index in [-0.39, 0.29) is 13.2 Å². The number of β-amino-alcohol motifs (C(OH)–C–C–N with tert-alkyl or cyclic N) is 1. The van der Waals surface area contributed by atoms with E-state index in [9.17, 15) is 14.7 Å². The largest absolute Gasteiger partial charge is 0.491 e. The number of imide groups is 1. The van der Waals surface area contributed by atoms with E-state index in [0.717, 1.165) is 21.2 Å². The van der Waals surface area contributed by atoms with E-state index in [1.807, 2.05) is 60.7 Å². The highest BCUT2D eigenvalue weighted by Gasteiger charge is 2.49. The van der Waals surface area contributed by atoms with Crippen molar-refractivity contribution in [1.29, 1.82) is 0 Å². The number of nitrogens with one attached hydrogen (secondary N) is 1. The SMILES string of the molecule is C[C@]1(c2cccc3ccccc23)NC(=O)N(C[C@H](O)COc2ccccc2)C1=O. The number of nitrogens with zero attached hydrogens (tertiary/aromatic N) is 1. The van der Waals surface area contributed by atoms with Crippen LogP contribution in [0.2, 0.25) is 0 Å². The summed E-state index contributed by atoms with van der Waals surface area (Å²) in [5.41, 5.74) is -0.468. The van der Waals surface area contributed by atoms with Crippen LogP contribution >= 0.6 is 0 Å². The zero-order chi connectivity index (χ0) is 20.4. The normalized spacial score (nSPS) is 20.0. The summed E-state index contributed by atoms with van der Waals surface area (Å²) < 4.78 is 5.52. The molecule has 2 atom stereocenters. The van der Waals surface area contributed by atoms with Crippen molar-refractivity contribution in [3.8, 4) is 5.75 Å². The highest BCUT2D eigenvalue weighted by molar-refractivity contribution is 6.09. The van der Waals surface area contributed by atoms with Crippen LogP contribution < -0.4 is 10.1 Å². The Morgan fingerprint density at radius 2 is 1.69 bits per heavy atom. The highest BCUT2D eigenvalue weighted by atomic mass is 16.5. The van der Waals surface area contributed by atoms with Gasteiger partial charge in [-0.05, 0) is 35.4 Å². The van der Waals surface area contributed by atoms with E-state index in [0.29, 0.717) is 5.75 Å². The molecule has 3 aromatic rings. The molecular formula is C23H22N2O4. The van der Waals surface area contributed by atoms with E-state index in [4.69, 9.17) is 4.74 Å². The van der Waals surface area contributed by atoms with E-state index in [1.165, 1.54) is 0 Å². The molecule has 6 heteroatoms. The maximum Gasteiger partial charge on any atom is 0.325 e. The standard InChI is InChI=1S/C23H22N2O4/c1-23(20-13-7-9-16-8-5-6-12-19(16)20)21(27)25(22(28)24-23)14-17(26)15-29-18-10-3-2-4-11-18/h2-13,17,26H,14-15H2,1H3,(H,24,28)/t17-,23+/m0/s1. The molecule has 1 aliphatic heterocycles. The molecule has 0 aliphatic carbocycles. The second-order valence-electron chi connectivity index (χ2n) is 7.28. The van der Waals surface area contributed by atoms with E-state index in [1.54, 1.807) is 19.1 Å². The minimum absolute atomic E-state index is 0.0218. The van der Waals surface area contributed by atoms with Crippen LogP contribution in [0.3, 0.4) is 0 Å². The third-order valence-electron chi connectivity index (χ3n) is 5.18. The van der Waals surface area contributed by atoms with Gasteiger partial charge < -0.3 is 15.2 Å². The summed E-state index contributed by atoms with van der Waals surface area (Å²) in [5.74, 6) is 0.224. The van der Waals surface area contributed by atoms with Gasteiger partial charge in [-0.2, -0.15) is 0 Å². The van der Waals surface area contributed by atoms with Crippen LogP contribution in [0.1, 0.15) is 12.5 Å². The molecule has 0 unspecified atom stereocenters. The Balaban J connectivity index is 1.52. The Morgan fingerprint density at radius 3 is 2.48 bits per heavy atom. The number of para-hydroxylation sites is 1. The zero-order valence-electron chi connectivity index (χ0n) is 16.0. The molecule has 3 amide bonds. The maximum atomic E-state index is 13.2. The number of carbonyl (C=O) groups excluding carboxylic acids is 2. The Hall–Kier alpha value is -3.38. The van der Waals surface area contributed by atoms with Gasteiger partial charge in [-0.3, -0.25) is 9.69 Å². The lowest BCUT2D eigenvalue weighted by atomic mass is 9.88. The molecule has 148 valence electrons. The van der Waals surface area contributed by atoms with Gasteiger partial charge in [0.2, 0.25) is 0 Å². The van der Waals surface area contributed by atoms with Crippen LogP contribution in [0.15, 0.2) is 72.8 Å². The van der Waals surface area contributed by atoms with Crippen molar-refractivity contribution in [2.24, 2.45) is 0 Å². The first-order valence-electron chi connectivity index (χ1n) is 9.47. The van der Waals surface area contributed by atoms with Crippen molar-refractivity contribution in [2.75, 3.05) is 13.2 Å². The predicted molar refractivity (Wildman–Crippen MR) is 109 cm³/mol. The molecule has 6 nitrogen and oxygen atoms in total. The van der Waals surface area contributed by atoms with Crippen LogP contribution in [0, 0.1) is 0 Å². The van der Waals surface area contributed by atoms with E-state index < -0.39 is 23.6 Å². The average molecular weight is 390 g/mol. The number of amides is 3. The van der Waals surface area contributed by atoms with Crippen LogP contribution in [0.25, 0.3) is 10.8 Å². The van der Waals surface area contributed by atoms with E-state index >= 15 is 0 Å². The Bertz CT molecular complexity index is 1050. The van der Waals surface area contributed by atoms with Gasteiger partial charge in [0.15, 0.2) is 0 Å². The summed E-state index contributed by atoms with van der Waals surface area (Å²) in [6, 6.07) is 22.0. The molecule has 0 aromatic heterocycles. The quantitative estimate of drug-likeness (QED) is 0.634. The number of urea groups is 1. The number of hydrogen-bond acceptors (Lipinski definition) is 4. The number of hydrogen-bond donors (Lipinski definition) is 2. The number of ether oxygens (including phenoxy) is 1. The van der Waals surface area contributed by atoms with Gasteiger partial charge in [-0.25, -0.2) is 4.79 Å². The van der Waals surface area contributed by atoms with Gasteiger partial charge in [0, 0.05) is 0 Å². The molecule has 1 saturated heterocycles. The monoisotopic (exact) mass is 390 g/mol. The first-order valence-corrected chi connectivity index (χ1v) is 9.47. The second kappa shape index (κ2) is 7.56. The summed E-state index contributed by atoms with van der Waals surface area (Å²) in [4.78, 5) is 26.8. The van der Waals surface area contributed by atoms with Crippen molar-refractivity contribution >= 4 is 22.7 Å². The molecule has 4 rings (SSSR count). The zero-order valence-corrected chi connectivity index (χ0v) is 16.0. The highest BCUT2D eigenvalue weighted by Crippen LogP contribution is 2.33. The summed E-state index contributed by atoms with van der Waals surface area (Å²) in [5, 5.41) is 15.0. The molecule has 0 radical (unpaired) electrons. The summed E-state index contributed by atoms with van der Waals surface area (Å²) in [6.07, 6.45) is -1.00. The van der Waals surface area contributed by atoms with Crippen molar-refractivity contribution < 1.29 is 19.4 Å². The molecule has 2 N–H and O–H groups in total. The number of fused-ring (bicyclic) bond motifs is 1. The van der Waals surface area contributed by atoms with Gasteiger partial charge >= 0.3 is 6.03 Å². The van der Waals surface area contributed by atoms with Crippen molar-refractivity contribution in [3.05, 3.63) is 78.4 Å². The molecular weight excluding hydrogens is 368 g/mol. The van der Waals surface area contributed by atoms with Gasteiger partial charge in [-0.15, -0.1) is 0 Å². The fourth-order valence-corrected chi connectivity index (χ4v) is 3.68. The predicted octanol–water partition coefficient (Wildman–Crippen LogP) is 3.05. The van der Waals surface area contributed by atoms with Crippen molar-refractivity contribution in [2.45, 2.75) is 18.6 Å². The lowest BCUT2D eigenvalue weighted by Gasteiger charge is -2.24. The summed E-state index contributed by atoms with van der Waals surface area (Å²) >= 11 is 0. The van der Waals surface area contributed by atoms with Crippen LogP contribution in [0.5, 0.6) is 5.75 Å². The average Bonchev–Trinajstić information content (AvgIpc) is 2.96. The number of carbonyl (C=O) groups is 2. The van der Waals surface area contributed by atoms with Crippen LogP contribution in [0.4, 0.5) is 4.79 Å². The lowest BCUT2D eigenvalue weighted by molar-refractivity contribution is -0.132. The molecule has 0 spiro atoms. The number of rotatable bonds is 6. The van der Waals surface area contributed by atoms with Gasteiger partial charge in [0.05, 0.1) is 6.54 Å². The van der Waals surface area contributed by atoms with Crippen LogP contribution in [-0.4, -0.2) is 41.2 Å². The molecule has 3 aromatic carbocycles. The topological polar surface area (TPSA) is 78.9 Å². The fourth-order valence-electron chi connectivity index (χ4n) is 3.68. The molecule has 0 bridgehead atoms. The molecule has 29 heavy (non-hydrogen) atoms. The minimum Gasteiger partial charge on any atom is -0.491 e. The van der Waals surface area contributed by atoms with Gasteiger partial charge in [-0.1, -0.05) is 60.7 Å². The smallest absolute Gasteiger partial charge is 0.325 e. The van der Waals surface area contributed by atoms with Crippen LogP contribution in [-0.2, 0) is 10.3 Å². The Morgan fingerprint density at radius 1 is 1.00 bits per heavy atom. The first kappa shape index (κ1) is 19.0. The molecule has 1 fully saturated rings. The number of benzene rings is 3. The second-order valence-corrected chi connectivity index (χ2v) is 7.28. The minimum atomic E-state index is -1.20. The van der Waals surface area contributed by atoms with Gasteiger partial charge in [0.25, 0.3) is 5.91 Å². The van der Waals surface area contributed by atoms with Crippen molar-refractivity contribution in [1.82, 2.24) is 10.2 Å².